The predicted molar refractivity (Wildman–Crippen MR) is 240 cm³/mol. The Labute approximate surface area is 379 Å². The monoisotopic (exact) mass is 886 g/mol. The Bertz CT molecular complexity index is 2550. The summed E-state index contributed by atoms with van der Waals surface area (Å²) in [4.78, 5) is 58.7. The number of oxazole rings is 1. The third-order valence-electron chi connectivity index (χ3n) is 16.6. The molecule has 1 spiro atoms. The van der Waals surface area contributed by atoms with Crippen LogP contribution in [0, 0.1) is 34.5 Å². The van der Waals surface area contributed by atoms with E-state index in [9.17, 15) is 9.59 Å². The van der Waals surface area contributed by atoms with Crippen LogP contribution in [0.3, 0.4) is 0 Å². The quantitative estimate of drug-likeness (QED) is 0.216. The smallest absolute Gasteiger partial charge is 0.325 e. The molecule has 0 radical (unpaired) electrons. The Hall–Kier alpha value is -4.67. The van der Waals surface area contributed by atoms with E-state index >= 15 is 4.79 Å². The molecule has 8 bridgehead atoms. The fraction of sp³-hybridized carbons (Fsp3) is 0.620. The third kappa shape index (κ3) is 6.88. The van der Waals surface area contributed by atoms with Crippen molar-refractivity contribution in [3.63, 3.8) is 0 Å². The van der Waals surface area contributed by atoms with Gasteiger partial charge in [-0.15, -0.1) is 0 Å². The lowest BCUT2D eigenvalue weighted by atomic mass is 9.72. The molecule has 9 aliphatic rings. The minimum Gasteiger partial charge on any atom is -0.464 e. The zero-order chi connectivity index (χ0) is 44.7. The summed E-state index contributed by atoms with van der Waals surface area (Å²) in [7, 11) is 1.73. The van der Waals surface area contributed by atoms with Crippen LogP contribution in [0.5, 0.6) is 0 Å². The molecule has 9 heterocycles. The summed E-state index contributed by atoms with van der Waals surface area (Å²) in [5, 5.41) is 5.97. The minimum atomic E-state index is -1.03. The molecule has 2 amide bonds. The second-order valence-corrected chi connectivity index (χ2v) is 21.9. The molecule has 344 valence electrons. The molecule has 6 aliphatic heterocycles. The first kappa shape index (κ1) is 41.7. The summed E-state index contributed by atoms with van der Waals surface area (Å²) in [6.45, 7) is 15.3. The van der Waals surface area contributed by atoms with Crippen molar-refractivity contribution in [2.45, 2.75) is 109 Å². The minimum absolute atomic E-state index is 0.00335. The van der Waals surface area contributed by atoms with Gasteiger partial charge in [0.05, 0.1) is 43.4 Å². The molecule has 3 saturated carbocycles. The molecule has 7 atom stereocenters. The number of aromatic nitrogens is 3. The number of carbonyl (C=O) groups is 3. The number of amides is 2. The van der Waals surface area contributed by atoms with Crippen LogP contribution in [-0.4, -0.2) is 124 Å². The van der Waals surface area contributed by atoms with Crippen molar-refractivity contribution in [1.82, 2.24) is 40.1 Å². The fourth-order valence-corrected chi connectivity index (χ4v) is 12.1. The van der Waals surface area contributed by atoms with E-state index in [1.165, 1.54) is 12.8 Å². The number of hydrazine groups is 1. The maximum absolute atomic E-state index is 15.2. The number of fused-ring (bicyclic) bond motifs is 4. The van der Waals surface area contributed by atoms with E-state index in [4.69, 9.17) is 28.6 Å². The number of hydrogen-bond donors (Lipinski definition) is 2. The number of nitrogens with one attached hydrogen (secondary N) is 2. The van der Waals surface area contributed by atoms with Gasteiger partial charge in [0.1, 0.15) is 30.1 Å². The number of benzene rings is 1. The highest BCUT2D eigenvalue weighted by atomic mass is 16.5. The predicted octanol–water partition coefficient (Wildman–Crippen LogP) is 5.46. The van der Waals surface area contributed by atoms with E-state index in [-0.39, 0.29) is 71.7 Å². The molecule has 1 unspecified atom stereocenters. The number of hydrogen-bond acceptors (Lipinski definition) is 12. The van der Waals surface area contributed by atoms with Crippen LogP contribution in [0.15, 0.2) is 47.2 Å². The first-order chi connectivity index (χ1) is 31.3. The molecule has 1 aromatic carbocycles. The number of esters is 1. The highest BCUT2D eigenvalue weighted by molar-refractivity contribution is 5.95. The summed E-state index contributed by atoms with van der Waals surface area (Å²) in [5.74, 6) is -0.171. The molecule has 65 heavy (non-hydrogen) atoms. The van der Waals surface area contributed by atoms with E-state index in [2.05, 4.69) is 77.1 Å². The largest absolute Gasteiger partial charge is 0.464 e. The van der Waals surface area contributed by atoms with E-state index in [0.29, 0.717) is 63.2 Å². The molecule has 5 saturated heterocycles. The first-order valence-electron chi connectivity index (χ1n) is 24.0. The van der Waals surface area contributed by atoms with Crippen molar-refractivity contribution < 1.29 is 33.0 Å². The number of pyridine rings is 1. The van der Waals surface area contributed by atoms with Crippen LogP contribution in [0.1, 0.15) is 95.6 Å². The lowest BCUT2D eigenvalue weighted by Crippen LogP contribution is -2.73. The molecule has 8 fully saturated rings. The normalized spacial score (nSPS) is 32.4. The Morgan fingerprint density at radius 3 is 2.46 bits per heavy atom. The number of ether oxygens (including phenoxy) is 3. The van der Waals surface area contributed by atoms with Gasteiger partial charge in [0.25, 0.3) is 5.91 Å². The molecular weight excluding hydrogens is 825 g/mol. The van der Waals surface area contributed by atoms with Gasteiger partial charge in [0.2, 0.25) is 11.8 Å². The van der Waals surface area contributed by atoms with Gasteiger partial charge in [-0.25, -0.2) is 10.4 Å². The maximum atomic E-state index is 15.2. The number of rotatable bonds is 8. The van der Waals surface area contributed by atoms with E-state index in [1.807, 2.05) is 19.2 Å². The summed E-state index contributed by atoms with van der Waals surface area (Å²) < 4.78 is 27.0. The van der Waals surface area contributed by atoms with Gasteiger partial charge in [-0.3, -0.25) is 34.2 Å². The number of carbonyl (C=O) groups excluding carboxylic acids is 3. The lowest BCUT2D eigenvalue weighted by molar-refractivity contribution is -0.205. The number of nitrogens with zero attached hydrogens (tertiary/aromatic N) is 6. The molecule has 3 aliphatic carbocycles. The zero-order valence-corrected chi connectivity index (χ0v) is 38.4. The Kier molecular flexibility index (Phi) is 9.75. The second kappa shape index (κ2) is 15.2. The van der Waals surface area contributed by atoms with Crippen LogP contribution in [-0.2, 0) is 35.0 Å². The topological polar surface area (TPSA) is 157 Å². The Balaban J connectivity index is 1.02. The summed E-state index contributed by atoms with van der Waals surface area (Å²) >= 11 is 0. The van der Waals surface area contributed by atoms with Gasteiger partial charge in [-0.1, -0.05) is 33.8 Å². The SMILES string of the molecule is CO[C@@H](C)c1ncccc1-c1c2c3cc(ccc3n1C1CN(C3CC3)C1)-c1coc(n1)[C@@H](N1CC3(COC3)C1)[C@H](NC(=O)C1[C@@H](C)[C@H]1C)C(=O)N1N[C@H](C(=O)OCC(C)(C)C2)C2CC1C2. The van der Waals surface area contributed by atoms with Crippen LogP contribution in [0.2, 0.25) is 0 Å². The van der Waals surface area contributed by atoms with Gasteiger partial charge in [-0.05, 0) is 86.6 Å². The lowest BCUT2D eigenvalue weighted by Gasteiger charge is -2.58. The van der Waals surface area contributed by atoms with Crippen LogP contribution >= 0.6 is 0 Å². The van der Waals surface area contributed by atoms with E-state index < -0.39 is 23.5 Å². The van der Waals surface area contributed by atoms with Gasteiger partial charge < -0.3 is 28.5 Å². The molecule has 2 N–H and O–H groups in total. The molecule has 3 aromatic heterocycles. The first-order valence-corrected chi connectivity index (χ1v) is 24.0. The Morgan fingerprint density at radius 2 is 1.77 bits per heavy atom. The number of likely N-dealkylation sites (tertiary alicyclic amines) is 2. The van der Waals surface area contributed by atoms with Crippen LogP contribution in [0.4, 0.5) is 0 Å². The zero-order valence-electron chi connectivity index (χ0n) is 38.4. The van der Waals surface area contributed by atoms with Gasteiger partial charge in [0.15, 0.2) is 0 Å². The molecule has 15 heteroatoms. The van der Waals surface area contributed by atoms with Gasteiger partial charge in [-0.2, -0.15) is 0 Å². The van der Waals surface area contributed by atoms with Crippen molar-refractivity contribution in [2.24, 2.45) is 34.5 Å². The fourth-order valence-electron chi connectivity index (χ4n) is 12.1. The van der Waals surface area contributed by atoms with E-state index in [1.54, 1.807) is 18.4 Å². The standard InChI is InChI=1S/C50H62N8O7/c1-26-27(2)39(26)45(59)53-42-44(56-21-50(22-56)24-63-25-50)46-52-37(20-64-46)29-9-12-38-35(16-29)36(17-49(4,5)23-65-48(61)41-30-14-32(15-30)58(54-41)47(42)60)43(34-8-7-13-51-40(34)28(3)62-6)57(38)33-18-55(19-33)31-10-11-31/h7-9,12-13,16,20,26-28,30-33,39,41-42,44,54H,10-11,14-15,17-19,21-25H2,1-6H3,(H,53,59)/t26-,27+,28-,30?,32?,39?,41-,42-,44-/m0/s1. The molecular formula is C50H62N8O7. The number of cyclic esters (lactones) is 1. The molecule has 13 rings (SSSR count). The van der Waals surface area contributed by atoms with Crippen molar-refractivity contribution in [1.29, 1.82) is 0 Å². The van der Waals surface area contributed by atoms with E-state index in [0.717, 1.165) is 52.1 Å². The summed E-state index contributed by atoms with van der Waals surface area (Å²) in [5.41, 5.74) is 9.70. The highest BCUT2D eigenvalue weighted by Gasteiger charge is 2.58. The van der Waals surface area contributed by atoms with Gasteiger partial charge >= 0.3 is 5.97 Å². The van der Waals surface area contributed by atoms with Crippen LogP contribution < -0.4 is 10.7 Å². The summed E-state index contributed by atoms with van der Waals surface area (Å²) in [6, 6.07) is 9.13. The average Bonchev–Trinajstić information content (AvgIpc) is 4.09. The maximum Gasteiger partial charge on any atom is 0.325 e. The number of methoxy groups -OCH3 is 1. The van der Waals surface area contributed by atoms with Crippen molar-refractivity contribution in [3.05, 3.63) is 59.9 Å². The van der Waals surface area contributed by atoms with Crippen molar-refractivity contribution >= 4 is 28.7 Å². The molecule has 15 nitrogen and oxygen atoms in total. The third-order valence-corrected chi connectivity index (χ3v) is 16.6. The molecule has 4 aromatic rings. The van der Waals surface area contributed by atoms with Crippen molar-refractivity contribution in [2.75, 3.05) is 53.1 Å². The Morgan fingerprint density at radius 1 is 1.00 bits per heavy atom. The second-order valence-electron chi connectivity index (χ2n) is 21.9. The van der Waals surface area contributed by atoms with Gasteiger partial charge in [0, 0.05) is 90.3 Å². The van der Waals surface area contributed by atoms with Crippen molar-refractivity contribution in [3.8, 4) is 22.5 Å². The van der Waals surface area contributed by atoms with Crippen LogP contribution in [0.25, 0.3) is 33.4 Å². The average molecular weight is 887 g/mol. The summed E-state index contributed by atoms with van der Waals surface area (Å²) in [6.07, 6.45) is 7.77. The highest BCUT2D eigenvalue weighted by Crippen LogP contribution is 2.49.